The Morgan fingerprint density at radius 1 is 0.929 bits per heavy atom. The van der Waals surface area contributed by atoms with E-state index < -0.39 is 24.1 Å². The summed E-state index contributed by atoms with van der Waals surface area (Å²) >= 11 is 0. The van der Waals surface area contributed by atoms with Crippen molar-refractivity contribution in [1.29, 1.82) is 0 Å². The van der Waals surface area contributed by atoms with Crippen molar-refractivity contribution >= 4 is 28.9 Å². The van der Waals surface area contributed by atoms with Crippen LogP contribution in [-0.2, 0) is 14.3 Å². The number of carbonyl (C=O) groups is 2. The van der Waals surface area contributed by atoms with Gasteiger partial charge in [0.2, 0.25) is 0 Å². The highest BCUT2D eigenvalue weighted by atomic mass is 16.6. The van der Waals surface area contributed by atoms with Crippen LogP contribution in [0.2, 0.25) is 0 Å². The lowest BCUT2D eigenvalue weighted by atomic mass is 9.85. The number of ether oxygens (including phenoxy) is 1. The number of aliphatic hydroxyl groups is 1. The fourth-order valence-electron chi connectivity index (χ4n) is 3.02. The Morgan fingerprint density at radius 3 is 2.18 bits per heavy atom. The molecule has 0 aromatic heterocycles. The molecular weight excluding hydrogens is 358 g/mol. The molecular formula is C21H23N3O4. The molecule has 7 heteroatoms. The van der Waals surface area contributed by atoms with Gasteiger partial charge in [-0.05, 0) is 62.1 Å². The Balaban J connectivity index is 1.47. The second-order valence-electron chi connectivity index (χ2n) is 6.80. The topological polar surface area (TPSA) is 100 Å². The van der Waals surface area contributed by atoms with E-state index >= 15 is 0 Å². The Hall–Kier alpha value is -3.06. The molecule has 2 N–H and O–H groups in total. The third kappa shape index (κ3) is 5.47. The van der Waals surface area contributed by atoms with E-state index in [2.05, 4.69) is 15.5 Å². The molecule has 2 aromatic rings. The van der Waals surface area contributed by atoms with Gasteiger partial charge in [-0.1, -0.05) is 24.6 Å². The molecule has 0 heterocycles. The maximum atomic E-state index is 12.0. The molecule has 0 unspecified atom stereocenters. The molecule has 1 aliphatic carbocycles. The highest BCUT2D eigenvalue weighted by Crippen LogP contribution is 2.29. The molecule has 1 saturated carbocycles. The molecule has 1 amide bonds. The molecule has 0 saturated heterocycles. The van der Waals surface area contributed by atoms with Crippen molar-refractivity contribution in [3.8, 4) is 0 Å². The molecule has 0 aliphatic heterocycles. The number of amides is 1. The molecule has 0 spiro atoms. The van der Waals surface area contributed by atoms with Crippen molar-refractivity contribution in [1.82, 2.24) is 0 Å². The first-order valence-corrected chi connectivity index (χ1v) is 9.31. The smallest absolute Gasteiger partial charge is 0.338 e. The lowest BCUT2D eigenvalue weighted by Gasteiger charge is -2.29. The number of esters is 1. The van der Waals surface area contributed by atoms with Gasteiger partial charge in [-0.25, -0.2) is 4.79 Å². The summed E-state index contributed by atoms with van der Waals surface area (Å²) in [7, 11) is 0. The van der Waals surface area contributed by atoms with Gasteiger partial charge in [0.15, 0.2) is 12.2 Å². The monoisotopic (exact) mass is 381 g/mol. The molecule has 1 fully saturated rings. The van der Waals surface area contributed by atoms with Gasteiger partial charge in [-0.15, -0.1) is 0 Å². The number of nitrogens with zero attached hydrogens (tertiary/aromatic N) is 2. The highest BCUT2D eigenvalue weighted by Gasteiger charge is 2.38. The van der Waals surface area contributed by atoms with Crippen LogP contribution in [0.1, 0.15) is 32.1 Å². The Kier molecular flexibility index (Phi) is 6.49. The average Bonchev–Trinajstić information content (AvgIpc) is 2.73. The van der Waals surface area contributed by atoms with Crippen LogP contribution in [0.5, 0.6) is 0 Å². The summed E-state index contributed by atoms with van der Waals surface area (Å²) in [5.41, 5.74) is 0.495. The lowest BCUT2D eigenvalue weighted by molar-refractivity contribution is -0.170. The highest BCUT2D eigenvalue weighted by molar-refractivity contribution is 5.93. The van der Waals surface area contributed by atoms with Crippen LogP contribution in [0, 0.1) is 0 Å². The van der Waals surface area contributed by atoms with Crippen molar-refractivity contribution < 1.29 is 19.4 Å². The maximum Gasteiger partial charge on any atom is 0.338 e. The molecule has 2 aromatic carbocycles. The summed E-state index contributed by atoms with van der Waals surface area (Å²) in [4.78, 5) is 24.0. The zero-order valence-corrected chi connectivity index (χ0v) is 15.5. The lowest BCUT2D eigenvalue weighted by Crippen LogP contribution is -2.42. The largest absolute Gasteiger partial charge is 0.453 e. The Bertz CT molecular complexity index is 828. The number of carbonyl (C=O) groups excluding carboxylic acids is 2. The van der Waals surface area contributed by atoms with Crippen LogP contribution in [-0.4, -0.2) is 29.2 Å². The van der Waals surface area contributed by atoms with E-state index in [-0.39, 0.29) is 0 Å². The minimum atomic E-state index is -1.45. The molecule has 0 atom stereocenters. The number of nitrogens with one attached hydrogen (secondary N) is 1. The third-order valence-electron chi connectivity index (χ3n) is 4.58. The molecule has 146 valence electrons. The van der Waals surface area contributed by atoms with Crippen LogP contribution in [0.25, 0.3) is 0 Å². The van der Waals surface area contributed by atoms with Crippen molar-refractivity contribution in [3.05, 3.63) is 54.6 Å². The van der Waals surface area contributed by atoms with Crippen molar-refractivity contribution in [3.63, 3.8) is 0 Å². The average molecular weight is 381 g/mol. The third-order valence-corrected chi connectivity index (χ3v) is 4.58. The number of rotatable bonds is 6. The summed E-state index contributed by atoms with van der Waals surface area (Å²) < 4.78 is 5.00. The van der Waals surface area contributed by atoms with Gasteiger partial charge in [-0.2, -0.15) is 10.2 Å². The Morgan fingerprint density at radius 2 is 1.54 bits per heavy atom. The predicted molar refractivity (Wildman–Crippen MR) is 105 cm³/mol. The van der Waals surface area contributed by atoms with Crippen LogP contribution in [0.4, 0.5) is 17.1 Å². The fourth-order valence-corrected chi connectivity index (χ4v) is 3.02. The van der Waals surface area contributed by atoms with Crippen molar-refractivity contribution in [2.75, 3.05) is 11.9 Å². The predicted octanol–water partition coefficient (Wildman–Crippen LogP) is 4.28. The van der Waals surface area contributed by atoms with E-state index in [1.807, 2.05) is 30.3 Å². The molecule has 1 aliphatic rings. The van der Waals surface area contributed by atoms with Gasteiger partial charge in [0.1, 0.15) is 0 Å². The van der Waals surface area contributed by atoms with Gasteiger partial charge < -0.3 is 15.2 Å². The Labute approximate surface area is 163 Å². The van der Waals surface area contributed by atoms with Crippen molar-refractivity contribution in [2.24, 2.45) is 10.2 Å². The zero-order chi connectivity index (χ0) is 19.8. The van der Waals surface area contributed by atoms with Gasteiger partial charge in [0.05, 0.1) is 11.4 Å². The summed E-state index contributed by atoms with van der Waals surface area (Å²) in [5, 5.41) is 21.2. The van der Waals surface area contributed by atoms with Crippen LogP contribution >= 0.6 is 0 Å². The first-order valence-electron chi connectivity index (χ1n) is 9.31. The van der Waals surface area contributed by atoms with Crippen LogP contribution < -0.4 is 5.32 Å². The van der Waals surface area contributed by atoms with Crippen molar-refractivity contribution in [2.45, 2.75) is 37.7 Å². The molecule has 3 rings (SSSR count). The standard InChI is InChI=1S/C21H23N3O4/c25-19(15-28-20(26)21(27)13-5-2-6-14-21)22-16-9-11-18(12-10-16)24-23-17-7-3-1-4-8-17/h1,3-4,7-12,27H,2,5-6,13-15H2,(H,22,25). The summed E-state index contributed by atoms with van der Waals surface area (Å²) in [5.74, 6) is -1.19. The number of hydrogen-bond acceptors (Lipinski definition) is 6. The summed E-state index contributed by atoms with van der Waals surface area (Å²) in [6.07, 6.45) is 3.33. The van der Waals surface area contributed by atoms with E-state index in [0.29, 0.717) is 24.2 Å². The first-order chi connectivity index (χ1) is 13.5. The van der Waals surface area contributed by atoms with Gasteiger partial charge in [0, 0.05) is 5.69 Å². The van der Waals surface area contributed by atoms with Crippen LogP contribution in [0.3, 0.4) is 0 Å². The second-order valence-corrected chi connectivity index (χ2v) is 6.80. The SMILES string of the molecule is O=C(COC(=O)C1(O)CCCCC1)Nc1ccc(N=Nc2ccccc2)cc1. The van der Waals surface area contributed by atoms with E-state index in [1.165, 1.54) is 0 Å². The normalized spacial score (nSPS) is 15.9. The van der Waals surface area contributed by atoms with Gasteiger partial charge in [-0.3, -0.25) is 4.79 Å². The molecule has 0 bridgehead atoms. The van der Waals surface area contributed by atoms with Crippen LogP contribution in [0.15, 0.2) is 64.8 Å². The molecule has 0 radical (unpaired) electrons. The van der Waals surface area contributed by atoms with E-state index in [4.69, 9.17) is 4.74 Å². The zero-order valence-electron chi connectivity index (χ0n) is 15.5. The molecule has 7 nitrogen and oxygen atoms in total. The quantitative estimate of drug-likeness (QED) is 0.576. The fraction of sp³-hybridized carbons (Fsp3) is 0.333. The summed E-state index contributed by atoms with van der Waals surface area (Å²) in [6, 6.07) is 16.2. The summed E-state index contributed by atoms with van der Waals surface area (Å²) in [6.45, 7) is -0.434. The number of hydrogen-bond donors (Lipinski definition) is 2. The number of benzene rings is 2. The maximum absolute atomic E-state index is 12.0. The van der Waals surface area contributed by atoms with E-state index in [0.717, 1.165) is 24.9 Å². The first kappa shape index (κ1) is 19.7. The van der Waals surface area contributed by atoms with Gasteiger partial charge in [0.25, 0.3) is 5.91 Å². The minimum absolute atomic E-state index is 0.381. The van der Waals surface area contributed by atoms with E-state index in [9.17, 15) is 14.7 Å². The minimum Gasteiger partial charge on any atom is -0.453 e. The number of azo groups is 1. The van der Waals surface area contributed by atoms with Gasteiger partial charge >= 0.3 is 5.97 Å². The second kappa shape index (κ2) is 9.23. The molecule has 28 heavy (non-hydrogen) atoms. The number of anilines is 1. The van der Waals surface area contributed by atoms with E-state index in [1.54, 1.807) is 24.3 Å².